The van der Waals surface area contributed by atoms with Gasteiger partial charge in [0.05, 0.1) is 22.5 Å². The molecule has 4 aromatic rings. The van der Waals surface area contributed by atoms with Crippen LogP contribution < -0.4 is 4.90 Å². The molecule has 0 spiro atoms. The Labute approximate surface area is 215 Å². The number of hydrogen-bond donors (Lipinski definition) is 0. The molecule has 1 atom stereocenters. The third kappa shape index (κ3) is 4.51. The van der Waals surface area contributed by atoms with Crippen LogP contribution in [0.4, 0.5) is 5.82 Å². The van der Waals surface area contributed by atoms with Gasteiger partial charge in [-0.15, -0.1) is 23.0 Å². The van der Waals surface area contributed by atoms with E-state index in [9.17, 15) is 4.79 Å². The van der Waals surface area contributed by atoms with Crippen LogP contribution in [0.5, 0.6) is 0 Å². The third-order valence-corrected chi connectivity index (χ3v) is 8.02. The van der Waals surface area contributed by atoms with Gasteiger partial charge in [0, 0.05) is 42.5 Å². The minimum Gasteiger partial charge on any atom is -0.352 e. The molecule has 9 heteroatoms. The maximum absolute atomic E-state index is 13.4. The number of aryl methyl sites for hydroxylation is 1. The Morgan fingerprint density at radius 3 is 2.75 bits per heavy atom. The highest BCUT2D eigenvalue weighted by Gasteiger charge is 2.25. The second kappa shape index (κ2) is 10.2. The van der Waals surface area contributed by atoms with E-state index in [4.69, 9.17) is 0 Å². The molecule has 0 saturated carbocycles. The average Bonchev–Trinajstić information content (AvgIpc) is 3.52. The van der Waals surface area contributed by atoms with E-state index in [-0.39, 0.29) is 11.8 Å². The summed E-state index contributed by atoms with van der Waals surface area (Å²) in [5.74, 6) is 1.25. The maximum atomic E-state index is 13.4. The van der Waals surface area contributed by atoms with Gasteiger partial charge in [-0.05, 0) is 44.0 Å². The van der Waals surface area contributed by atoms with Crippen LogP contribution in [0.2, 0.25) is 0 Å². The van der Waals surface area contributed by atoms with E-state index in [1.807, 2.05) is 46.8 Å². The smallest absolute Gasteiger partial charge is 0.254 e. The van der Waals surface area contributed by atoms with Crippen molar-refractivity contribution >= 4 is 33.3 Å². The molecule has 0 N–H and O–H groups in total. The monoisotopic (exact) mass is 501 g/mol. The number of amides is 1. The van der Waals surface area contributed by atoms with Crippen molar-refractivity contribution in [3.05, 3.63) is 71.1 Å². The van der Waals surface area contributed by atoms with E-state index >= 15 is 0 Å². The van der Waals surface area contributed by atoms with E-state index in [1.54, 1.807) is 17.7 Å². The van der Waals surface area contributed by atoms with Gasteiger partial charge >= 0.3 is 0 Å². The molecule has 36 heavy (non-hydrogen) atoms. The molecule has 8 nitrogen and oxygen atoms in total. The first kappa shape index (κ1) is 24.1. The molecule has 1 unspecified atom stereocenters. The van der Waals surface area contributed by atoms with Gasteiger partial charge in [-0.25, -0.2) is 14.6 Å². The molecule has 1 aliphatic heterocycles. The van der Waals surface area contributed by atoms with Gasteiger partial charge in [0.25, 0.3) is 5.91 Å². The number of aromatic nitrogens is 5. The fourth-order valence-corrected chi connectivity index (χ4v) is 5.73. The summed E-state index contributed by atoms with van der Waals surface area (Å²) in [5.41, 5.74) is 3.44. The Morgan fingerprint density at radius 1 is 1.19 bits per heavy atom. The Kier molecular flexibility index (Phi) is 6.82. The van der Waals surface area contributed by atoms with Gasteiger partial charge in [-0.1, -0.05) is 31.2 Å². The quantitative estimate of drug-likeness (QED) is 0.339. The van der Waals surface area contributed by atoms with Crippen molar-refractivity contribution in [1.29, 1.82) is 0 Å². The largest absolute Gasteiger partial charge is 0.352 e. The molecule has 0 bridgehead atoms. The summed E-state index contributed by atoms with van der Waals surface area (Å²) >= 11 is 1.73. The van der Waals surface area contributed by atoms with Crippen molar-refractivity contribution in [2.24, 2.45) is 0 Å². The number of nitrogens with zero attached hydrogens (tertiary/aromatic N) is 7. The lowest BCUT2D eigenvalue weighted by atomic mass is 10.0. The molecular formula is C27H31N7OS. The summed E-state index contributed by atoms with van der Waals surface area (Å²) in [6.07, 6.45) is 5.38. The number of benzene rings is 1. The van der Waals surface area contributed by atoms with Crippen molar-refractivity contribution in [3.8, 4) is 5.69 Å². The SMILES string of the molecule is C=CCC(C)c1nnn(-c2cccc(C(=O)N3CCN(c4ncnc5sc(CC)cc45)CC3)c2)c1C. The molecule has 5 rings (SSSR count). The second-order valence-corrected chi connectivity index (χ2v) is 10.3. The number of hydrogen-bond acceptors (Lipinski definition) is 7. The maximum Gasteiger partial charge on any atom is 0.254 e. The van der Waals surface area contributed by atoms with E-state index in [0.29, 0.717) is 18.7 Å². The highest BCUT2D eigenvalue weighted by atomic mass is 32.1. The summed E-state index contributed by atoms with van der Waals surface area (Å²) < 4.78 is 1.81. The van der Waals surface area contributed by atoms with Crippen LogP contribution in [-0.4, -0.2) is 61.9 Å². The molecule has 186 valence electrons. The summed E-state index contributed by atoms with van der Waals surface area (Å²) in [6.45, 7) is 12.9. The van der Waals surface area contributed by atoms with Crippen LogP contribution >= 0.6 is 11.3 Å². The van der Waals surface area contributed by atoms with Gasteiger partial charge < -0.3 is 9.80 Å². The summed E-state index contributed by atoms with van der Waals surface area (Å²) in [5, 5.41) is 9.87. The van der Waals surface area contributed by atoms with Crippen molar-refractivity contribution in [1.82, 2.24) is 29.9 Å². The standard InChI is InChI=1S/C27H31N7OS/c1-5-8-18(3)24-19(4)34(31-30-24)21-10-7-9-20(15-21)27(35)33-13-11-32(12-14-33)25-23-16-22(6-2)36-26(23)29-17-28-25/h5,7,9-10,15-18H,1,6,8,11-14H2,2-4H3. The van der Waals surface area contributed by atoms with Gasteiger partial charge in [0.15, 0.2) is 0 Å². The molecule has 3 aromatic heterocycles. The predicted octanol–water partition coefficient (Wildman–Crippen LogP) is 4.78. The first-order valence-corrected chi connectivity index (χ1v) is 13.2. The van der Waals surface area contributed by atoms with E-state index in [2.05, 4.69) is 51.7 Å². The fraction of sp³-hybridized carbons (Fsp3) is 0.370. The first-order chi connectivity index (χ1) is 17.5. The molecule has 1 saturated heterocycles. The minimum absolute atomic E-state index is 0.0335. The third-order valence-electron chi connectivity index (χ3n) is 6.83. The zero-order valence-corrected chi connectivity index (χ0v) is 21.8. The zero-order chi connectivity index (χ0) is 25.2. The fourth-order valence-electron chi connectivity index (χ4n) is 4.80. The number of thiophene rings is 1. The Hall–Kier alpha value is -3.59. The number of carbonyl (C=O) groups excluding carboxylic acids is 1. The number of carbonyl (C=O) groups is 1. The van der Waals surface area contributed by atoms with Crippen molar-refractivity contribution in [2.75, 3.05) is 31.1 Å². The van der Waals surface area contributed by atoms with Crippen molar-refractivity contribution in [3.63, 3.8) is 0 Å². The van der Waals surface area contributed by atoms with Crippen molar-refractivity contribution < 1.29 is 4.79 Å². The van der Waals surface area contributed by atoms with Crippen LogP contribution in [0.1, 0.15) is 52.8 Å². The van der Waals surface area contributed by atoms with Gasteiger partial charge in [-0.2, -0.15) is 0 Å². The van der Waals surface area contributed by atoms with Crippen LogP contribution in [-0.2, 0) is 6.42 Å². The molecule has 1 aromatic carbocycles. The average molecular weight is 502 g/mol. The number of anilines is 1. The normalized spacial score (nSPS) is 14.9. The molecule has 0 aliphatic carbocycles. The Bertz CT molecular complexity index is 1400. The van der Waals surface area contributed by atoms with E-state index < -0.39 is 0 Å². The first-order valence-electron chi connectivity index (χ1n) is 12.4. The molecule has 4 heterocycles. The number of fused-ring (bicyclic) bond motifs is 1. The molecule has 1 fully saturated rings. The van der Waals surface area contributed by atoms with Crippen LogP contribution in [0.15, 0.2) is 49.3 Å². The van der Waals surface area contributed by atoms with Gasteiger partial charge in [-0.3, -0.25) is 4.79 Å². The molecule has 1 amide bonds. The number of piperazine rings is 1. The highest BCUT2D eigenvalue weighted by molar-refractivity contribution is 7.18. The van der Waals surface area contributed by atoms with Crippen LogP contribution in [0.25, 0.3) is 15.9 Å². The lowest BCUT2D eigenvalue weighted by Gasteiger charge is -2.35. The van der Waals surface area contributed by atoms with Gasteiger partial charge in [0.2, 0.25) is 0 Å². The number of rotatable bonds is 7. The Morgan fingerprint density at radius 2 is 2.00 bits per heavy atom. The summed E-state index contributed by atoms with van der Waals surface area (Å²) in [4.78, 5) is 28.9. The minimum atomic E-state index is 0.0335. The molecule has 1 aliphatic rings. The molecule has 0 radical (unpaired) electrons. The topological polar surface area (TPSA) is 80.0 Å². The van der Waals surface area contributed by atoms with E-state index in [1.165, 1.54) is 4.88 Å². The number of allylic oxidation sites excluding steroid dienone is 1. The van der Waals surface area contributed by atoms with Gasteiger partial charge in [0.1, 0.15) is 17.0 Å². The van der Waals surface area contributed by atoms with Crippen molar-refractivity contribution in [2.45, 2.75) is 39.5 Å². The summed E-state index contributed by atoms with van der Waals surface area (Å²) in [7, 11) is 0. The Balaban J connectivity index is 1.30. The molecular weight excluding hydrogens is 470 g/mol. The predicted molar refractivity (Wildman–Crippen MR) is 144 cm³/mol. The highest BCUT2D eigenvalue weighted by Crippen LogP contribution is 2.31. The zero-order valence-electron chi connectivity index (χ0n) is 21.0. The van der Waals surface area contributed by atoms with E-state index in [0.717, 1.165) is 59.0 Å². The second-order valence-electron chi connectivity index (χ2n) is 9.21. The summed E-state index contributed by atoms with van der Waals surface area (Å²) in [6, 6.07) is 9.85. The lowest BCUT2D eigenvalue weighted by Crippen LogP contribution is -2.49. The van der Waals surface area contributed by atoms with Crippen LogP contribution in [0.3, 0.4) is 0 Å². The van der Waals surface area contributed by atoms with Crippen LogP contribution in [0, 0.1) is 6.92 Å². The lowest BCUT2D eigenvalue weighted by molar-refractivity contribution is 0.0746.